The number of likely N-dealkylation sites (tertiary alicyclic amines) is 1. The van der Waals surface area contributed by atoms with Gasteiger partial charge in [-0.05, 0) is 36.6 Å². The average Bonchev–Trinajstić information content (AvgIpc) is 2.77. The Morgan fingerprint density at radius 2 is 2.18 bits per heavy atom. The first kappa shape index (κ1) is 18.4. The zero-order valence-electron chi connectivity index (χ0n) is 12.3. The van der Waals surface area contributed by atoms with Crippen molar-refractivity contribution in [2.24, 2.45) is 5.92 Å². The highest BCUT2D eigenvalue weighted by Crippen LogP contribution is 2.36. The molecule has 1 aromatic carbocycles. The lowest BCUT2D eigenvalue weighted by molar-refractivity contribution is -0.138. The third kappa shape index (κ3) is 4.68. The summed E-state index contributed by atoms with van der Waals surface area (Å²) in [5, 5.41) is 10.9. The highest BCUT2D eigenvalue weighted by molar-refractivity contribution is 5.85. The summed E-state index contributed by atoms with van der Waals surface area (Å²) in [6.45, 7) is 2.55. The number of halogens is 2. The maximum atomic E-state index is 13.4. The van der Waals surface area contributed by atoms with E-state index in [1.165, 1.54) is 12.1 Å². The Bertz CT molecular complexity index is 541. The fourth-order valence-electron chi connectivity index (χ4n) is 2.85. The van der Waals surface area contributed by atoms with Crippen molar-refractivity contribution in [3.63, 3.8) is 0 Å². The standard InChI is InChI=1S/C15H19FN2O3.ClH/c1-10-5-6-18(9-13(19)17-8-14(20)21)15(10)11-3-2-4-12(16)7-11;/h2-4,7,10,15H,5-6,8-9H2,1H3,(H,17,19)(H,20,21);1H. The Hall–Kier alpha value is -1.66. The van der Waals surface area contributed by atoms with Crippen molar-refractivity contribution in [1.82, 2.24) is 10.2 Å². The molecular weight excluding hydrogens is 311 g/mol. The maximum absolute atomic E-state index is 13.4. The number of nitrogens with zero attached hydrogens (tertiary/aromatic N) is 1. The molecule has 1 fully saturated rings. The molecule has 2 rings (SSSR count). The molecule has 0 radical (unpaired) electrons. The topological polar surface area (TPSA) is 69.6 Å². The largest absolute Gasteiger partial charge is 0.480 e. The highest BCUT2D eigenvalue weighted by atomic mass is 35.5. The summed E-state index contributed by atoms with van der Waals surface area (Å²) in [6, 6.07) is 6.40. The van der Waals surface area contributed by atoms with Crippen molar-refractivity contribution in [3.8, 4) is 0 Å². The van der Waals surface area contributed by atoms with Crippen LogP contribution in [-0.2, 0) is 9.59 Å². The van der Waals surface area contributed by atoms with Crippen molar-refractivity contribution in [2.75, 3.05) is 19.6 Å². The number of carbonyl (C=O) groups excluding carboxylic acids is 1. The minimum Gasteiger partial charge on any atom is -0.480 e. The van der Waals surface area contributed by atoms with Crippen molar-refractivity contribution in [2.45, 2.75) is 19.4 Å². The SMILES string of the molecule is CC1CCN(CC(=O)NCC(=O)O)C1c1cccc(F)c1.Cl. The molecule has 122 valence electrons. The first-order valence-corrected chi connectivity index (χ1v) is 6.95. The summed E-state index contributed by atoms with van der Waals surface area (Å²) in [6.07, 6.45) is 0.924. The minimum atomic E-state index is -1.07. The summed E-state index contributed by atoms with van der Waals surface area (Å²) < 4.78 is 13.4. The van der Waals surface area contributed by atoms with Crippen LogP contribution >= 0.6 is 12.4 Å². The first-order valence-electron chi connectivity index (χ1n) is 6.95. The van der Waals surface area contributed by atoms with E-state index in [9.17, 15) is 14.0 Å². The molecule has 2 unspecified atom stereocenters. The van der Waals surface area contributed by atoms with Gasteiger partial charge in [0.2, 0.25) is 5.91 Å². The number of carbonyl (C=O) groups is 2. The lowest BCUT2D eigenvalue weighted by Gasteiger charge is -2.26. The number of carboxylic acids is 1. The lowest BCUT2D eigenvalue weighted by Crippen LogP contribution is -2.39. The van der Waals surface area contributed by atoms with Gasteiger partial charge in [-0.1, -0.05) is 19.1 Å². The highest BCUT2D eigenvalue weighted by Gasteiger charge is 2.33. The molecule has 0 aliphatic carbocycles. The third-order valence-electron chi connectivity index (χ3n) is 3.78. The average molecular weight is 331 g/mol. The van der Waals surface area contributed by atoms with Crippen LogP contribution < -0.4 is 5.32 Å². The van der Waals surface area contributed by atoms with E-state index < -0.39 is 5.97 Å². The van der Waals surface area contributed by atoms with Gasteiger partial charge in [-0.2, -0.15) is 0 Å². The van der Waals surface area contributed by atoms with Gasteiger partial charge in [-0.3, -0.25) is 14.5 Å². The van der Waals surface area contributed by atoms with E-state index in [1.54, 1.807) is 6.07 Å². The molecule has 1 heterocycles. The molecule has 0 spiro atoms. The number of hydrogen-bond donors (Lipinski definition) is 2. The van der Waals surface area contributed by atoms with E-state index in [-0.39, 0.29) is 43.3 Å². The summed E-state index contributed by atoms with van der Waals surface area (Å²) in [5.74, 6) is -1.37. The van der Waals surface area contributed by atoms with Gasteiger partial charge in [0.1, 0.15) is 12.4 Å². The number of hydrogen-bond acceptors (Lipinski definition) is 3. The van der Waals surface area contributed by atoms with Gasteiger partial charge in [-0.15, -0.1) is 12.4 Å². The molecule has 2 atom stereocenters. The van der Waals surface area contributed by atoms with Crippen molar-refractivity contribution >= 4 is 24.3 Å². The molecule has 0 bridgehead atoms. The van der Waals surface area contributed by atoms with Gasteiger partial charge < -0.3 is 10.4 Å². The van der Waals surface area contributed by atoms with Crippen molar-refractivity contribution in [3.05, 3.63) is 35.6 Å². The zero-order chi connectivity index (χ0) is 15.4. The van der Waals surface area contributed by atoms with E-state index in [0.717, 1.165) is 18.5 Å². The smallest absolute Gasteiger partial charge is 0.322 e. The monoisotopic (exact) mass is 330 g/mol. The van der Waals surface area contributed by atoms with Crippen molar-refractivity contribution in [1.29, 1.82) is 0 Å². The van der Waals surface area contributed by atoms with Crippen LogP contribution in [0.3, 0.4) is 0 Å². The van der Waals surface area contributed by atoms with Crippen molar-refractivity contribution < 1.29 is 19.1 Å². The number of nitrogens with one attached hydrogen (secondary N) is 1. The predicted molar refractivity (Wildman–Crippen MR) is 82.4 cm³/mol. The molecule has 1 saturated heterocycles. The number of benzene rings is 1. The molecule has 2 N–H and O–H groups in total. The Labute approximate surface area is 134 Å². The molecule has 1 aliphatic rings. The number of aliphatic carboxylic acids is 1. The van der Waals surface area contributed by atoms with E-state index in [2.05, 4.69) is 12.2 Å². The van der Waals surface area contributed by atoms with Gasteiger partial charge in [-0.25, -0.2) is 4.39 Å². The van der Waals surface area contributed by atoms with Gasteiger partial charge in [0.25, 0.3) is 0 Å². The van der Waals surface area contributed by atoms with E-state index in [4.69, 9.17) is 5.11 Å². The second-order valence-electron chi connectivity index (χ2n) is 5.41. The summed E-state index contributed by atoms with van der Waals surface area (Å²) in [7, 11) is 0. The van der Waals surface area contributed by atoms with Gasteiger partial charge in [0.05, 0.1) is 6.54 Å². The number of carboxylic acid groups (broad SMARTS) is 1. The second kappa shape index (κ2) is 8.10. The third-order valence-corrected chi connectivity index (χ3v) is 3.78. The van der Waals surface area contributed by atoms with Crippen LogP contribution in [0.2, 0.25) is 0 Å². The Morgan fingerprint density at radius 3 is 2.82 bits per heavy atom. The molecule has 0 saturated carbocycles. The summed E-state index contributed by atoms with van der Waals surface area (Å²) in [5.41, 5.74) is 0.853. The maximum Gasteiger partial charge on any atom is 0.322 e. The van der Waals surface area contributed by atoms with Crippen LogP contribution in [0, 0.1) is 11.7 Å². The predicted octanol–water partition coefficient (Wildman–Crippen LogP) is 1.83. The molecule has 1 aliphatic heterocycles. The second-order valence-corrected chi connectivity index (χ2v) is 5.41. The molecule has 5 nitrogen and oxygen atoms in total. The molecule has 1 amide bonds. The lowest BCUT2D eigenvalue weighted by atomic mass is 9.95. The Morgan fingerprint density at radius 1 is 1.45 bits per heavy atom. The molecule has 7 heteroatoms. The van der Waals surface area contributed by atoms with Crippen LogP contribution in [0.1, 0.15) is 24.9 Å². The number of amides is 1. The first-order chi connectivity index (χ1) is 9.97. The quantitative estimate of drug-likeness (QED) is 0.864. The zero-order valence-corrected chi connectivity index (χ0v) is 13.1. The van der Waals surface area contributed by atoms with Gasteiger partial charge in [0.15, 0.2) is 0 Å². The van der Waals surface area contributed by atoms with Crippen LogP contribution in [0.4, 0.5) is 4.39 Å². The van der Waals surface area contributed by atoms with Gasteiger partial charge in [0, 0.05) is 6.04 Å². The fourth-order valence-corrected chi connectivity index (χ4v) is 2.85. The molecule has 22 heavy (non-hydrogen) atoms. The fraction of sp³-hybridized carbons (Fsp3) is 0.467. The molecule has 1 aromatic rings. The molecular formula is C15H20ClFN2O3. The van der Waals surface area contributed by atoms with E-state index in [0.29, 0.717) is 5.92 Å². The summed E-state index contributed by atoms with van der Waals surface area (Å²) in [4.78, 5) is 24.2. The minimum absolute atomic E-state index is 0. The number of rotatable bonds is 5. The van der Waals surface area contributed by atoms with Crippen LogP contribution in [0.25, 0.3) is 0 Å². The van der Waals surface area contributed by atoms with E-state index in [1.807, 2.05) is 11.0 Å². The van der Waals surface area contributed by atoms with Crippen LogP contribution in [0.15, 0.2) is 24.3 Å². The Balaban J connectivity index is 0.00000242. The van der Waals surface area contributed by atoms with Crippen LogP contribution in [-0.4, -0.2) is 41.5 Å². The normalized spacial score (nSPS) is 21.2. The summed E-state index contributed by atoms with van der Waals surface area (Å²) >= 11 is 0. The van der Waals surface area contributed by atoms with Gasteiger partial charge >= 0.3 is 5.97 Å². The van der Waals surface area contributed by atoms with Crippen LogP contribution in [0.5, 0.6) is 0 Å². The van der Waals surface area contributed by atoms with E-state index >= 15 is 0 Å². The molecule has 0 aromatic heterocycles. The Kier molecular flexibility index (Phi) is 6.77.